The zero-order valence-electron chi connectivity index (χ0n) is 18.5. The molecule has 0 saturated heterocycles. The van der Waals surface area contributed by atoms with Crippen LogP contribution in [0.4, 0.5) is 0 Å². The molecule has 0 aliphatic carbocycles. The van der Waals surface area contributed by atoms with Gasteiger partial charge in [0.2, 0.25) is 11.8 Å². The maximum Gasteiger partial charge on any atom is 0.250 e. The summed E-state index contributed by atoms with van der Waals surface area (Å²) in [5.41, 5.74) is 5.75. The Kier molecular flexibility index (Phi) is 6.95. The summed E-state index contributed by atoms with van der Waals surface area (Å²) in [6.45, 7) is 4.80. The van der Waals surface area contributed by atoms with E-state index in [2.05, 4.69) is 41.6 Å². The van der Waals surface area contributed by atoms with Gasteiger partial charge in [-0.1, -0.05) is 62.4 Å². The maximum absolute atomic E-state index is 12.1. The molecule has 0 atom stereocenters. The molecule has 6 heteroatoms. The Labute approximate surface area is 198 Å². The van der Waals surface area contributed by atoms with E-state index < -0.39 is 0 Å². The highest BCUT2D eigenvalue weighted by atomic mass is 32.1. The monoisotopic (exact) mass is 455 g/mol. The number of carbonyl (C=O) groups excluding carboxylic acids is 1. The number of rotatable bonds is 6. The molecule has 5 nitrogen and oxygen atoms in total. The standard InChI is InChI=1S/C27H25N3O2S/c1-18(2)21-12-7-19(8-13-21)11-16-25(31)30-27(33)28-17-20-9-14-22(15-10-20)26-29-23-5-3-4-6-24(23)32-26/h3-16,18H,17H2,1-2H3,(H2,28,30,31,33)/b16-11+. The Morgan fingerprint density at radius 3 is 2.45 bits per heavy atom. The van der Waals surface area contributed by atoms with Crippen LogP contribution in [0.15, 0.2) is 83.3 Å². The zero-order chi connectivity index (χ0) is 23.2. The Bertz CT molecular complexity index is 1260. The largest absolute Gasteiger partial charge is 0.436 e. The first-order valence-electron chi connectivity index (χ1n) is 10.8. The van der Waals surface area contributed by atoms with Gasteiger partial charge in [0.25, 0.3) is 0 Å². The van der Waals surface area contributed by atoms with Crippen molar-refractivity contribution >= 4 is 40.4 Å². The maximum atomic E-state index is 12.1. The molecule has 1 amide bonds. The Morgan fingerprint density at radius 1 is 1.03 bits per heavy atom. The van der Waals surface area contributed by atoms with Gasteiger partial charge in [-0.2, -0.15) is 0 Å². The van der Waals surface area contributed by atoms with Crippen molar-refractivity contribution in [3.63, 3.8) is 0 Å². The number of hydrogen-bond donors (Lipinski definition) is 2. The number of oxazole rings is 1. The van der Waals surface area contributed by atoms with Crippen LogP contribution in [0.25, 0.3) is 28.6 Å². The predicted molar refractivity (Wildman–Crippen MR) is 137 cm³/mol. The molecule has 0 aliphatic rings. The SMILES string of the molecule is CC(C)c1ccc(/C=C/C(=O)NC(=S)NCc2ccc(-c3nc4ccccc4o3)cc2)cc1. The number of para-hydroxylation sites is 2. The number of benzene rings is 3. The van der Waals surface area contributed by atoms with Gasteiger partial charge in [0.15, 0.2) is 10.7 Å². The minimum Gasteiger partial charge on any atom is -0.436 e. The summed E-state index contributed by atoms with van der Waals surface area (Å²) in [5, 5.41) is 6.01. The van der Waals surface area contributed by atoms with Gasteiger partial charge in [0.1, 0.15) is 5.52 Å². The molecule has 1 heterocycles. The first-order valence-corrected chi connectivity index (χ1v) is 11.2. The first-order chi connectivity index (χ1) is 16.0. The highest BCUT2D eigenvalue weighted by molar-refractivity contribution is 7.80. The number of carbonyl (C=O) groups is 1. The van der Waals surface area contributed by atoms with Gasteiger partial charge in [-0.05, 0) is 65.2 Å². The van der Waals surface area contributed by atoms with E-state index in [0.29, 0.717) is 18.4 Å². The topological polar surface area (TPSA) is 67.2 Å². The van der Waals surface area contributed by atoms with Crippen LogP contribution in [0.2, 0.25) is 0 Å². The number of thiocarbonyl (C=S) groups is 1. The van der Waals surface area contributed by atoms with E-state index in [4.69, 9.17) is 16.6 Å². The summed E-state index contributed by atoms with van der Waals surface area (Å²) < 4.78 is 5.81. The fourth-order valence-corrected chi connectivity index (χ4v) is 3.48. The number of hydrogen-bond acceptors (Lipinski definition) is 4. The number of nitrogens with one attached hydrogen (secondary N) is 2. The lowest BCUT2D eigenvalue weighted by Gasteiger charge is -2.08. The third-order valence-corrected chi connectivity index (χ3v) is 5.46. The summed E-state index contributed by atoms with van der Waals surface area (Å²) in [7, 11) is 0. The van der Waals surface area contributed by atoms with E-state index in [-0.39, 0.29) is 11.0 Å². The van der Waals surface area contributed by atoms with Crippen LogP contribution in [0.5, 0.6) is 0 Å². The molecule has 0 radical (unpaired) electrons. The second-order valence-electron chi connectivity index (χ2n) is 8.01. The fraction of sp³-hybridized carbons (Fsp3) is 0.148. The summed E-state index contributed by atoms with van der Waals surface area (Å²) in [4.78, 5) is 16.7. The van der Waals surface area contributed by atoms with Crippen molar-refractivity contribution in [3.8, 4) is 11.5 Å². The molecule has 0 bridgehead atoms. The predicted octanol–water partition coefficient (Wildman–Crippen LogP) is 5.82. The normalized spacial score (nSPS) is 11.2. The molecule has 2 N–H and O–H groups in total. The molecule has 4 rings (SSSR count). The number of nitrogens with zero attached hydrogens (tertiary/aromatic N) is 1. The third-order valence-electron chi connectivity index (χ3n) is 5.21. The van der Waals surface area contributed by atoms with Crippen LogP contribution in [0.1, 0.15) is 36.5 Å². The smallest absolute Gasteiger partial charge is 0.250 e. The third kappa shape index (κ3) is 5.93. The average Bonchev–Trinajstić information content (AvgIpc) is 3.26. The quantitative estimate of drug-likeness (QED) is 0.283. The van der Waals surface area contributed by atoms with Crippen LogP contribution < -0.4 is 10.6 Å². The van der Waals surface area contributed by atoms with Crippen molar-refractivity contribution in [2.45, 2.75) is 26.3 Å². The van der Waals surface area contributed by atoms with Crippen molar-refractivity contribution in [1.29, 1.82) is 0 Å². The molecule has 166 valence electrons. The van der Waals surface area contributed by atoms with E-state index in [1.165, 1.54) is 11.6 Å². The molecule has 0 saturated carbocycles. The summed E-state index contributed by atoms with van der Waals surface area (Å²) in [6.07, 6.45) is 3.25. The Morgan fingerprint density at radius 2 is 1.76 bits per heavy atom. The Balaban J connectivity index is 1.27. The molecule has 0 unspecified atom stereocenters. The van der Waals surface area contributed by atoms with Crippen molar-refractivity contribution in [2.75, 3.05) is 0 Å². The van der Waals surface area contributed by atoms with Gasteiger partial charge in [-0.15, -0.1) is 0 Å². The van der Waals surface area contributed by atoms with Gasteiger partial charge in [0, 0.05) is 18.2 Å². The molecule has 33 heavy (non-hydrogen) atoms. The van der Waals surface area contributed by atoms with Crippen LogP contribution in [-0.2, 0) is 11.3 Å². The van der Waals surface area contributed by atoms with Crippen LogP contribution in [0.3, 0.4) is 0 Å². The van der Waals surface area contributed by atoms with Crippen molar-refractivity contribution < 1.29 is 9.21 Å². The Hall–Kier alpha value is -3.77. The van der Waals surface area contributed by atoms with Crippen LogP contribution in [0, 0.1) is 0 Å². The van der Waals surface area contributed by atoms with E-state index in [9.17, 15) is 4.79 Å². The summed E-state index contributed by atoms with van der Waals surface area (Å²) >= 11 is 5.24. The first kappa shape index (κ1) is 22.4. The van der Waals surface area contributed by atoms with Gasteiger partial charge in [-0.25, -0.2) is 4.98 Å². The van der Waals surface area contributed by atoms with Crippen LogP contribution in [-0.4, -0.2) is 16.0 Å². The molecule has 0 spiro atoms. The van der Waals surface area contributed by atoms with Crippen LogP contribution >= 0.6 is 12.2 Å². The van der Waals surface area contributed by atoms with Gasteiger partial charge < -0.3 is 9.73 Å². The molecule has 1 aromatic heterocycles. The number of aromatic nitrogens is 1. The molecule has 0 fully saturated rings. The van der Waals surface area contributed by atoms with Crippen molar-refractivity contribution in [2.24, 2.45) is 0 Å². The summed E-state index contributed by atoms with van der Waals surface area (Å²) in [6, 6.07) is 23.7. The molecular weight excluding hydrogens is 430 g/mol. The highest BCUT2D eigenvalue weighted by Crippen LogP contribution is 2.24. The van der Waals surface area contributed by atoms with E-state index in [1.807, 2.05) is 60.7 Å². The van der Waals surface area contributed by atoms with E-state index in [0.717, 1.165) is 27.8 Å². The lowest BCUT2D eigenvalue weighted by molar-refractivity contribution is -0.115. The minimum atomic E-state index is -0.272. The lowest BCUT2D eigenvalue weighted by Crippen LogP contribution is -2.37. The molecule has 3 aromatic carbocycles. The van der Waals surface area contributed by atoms with E-state index in [1.54, 1.807) is 6.08 Å². The van der Waals surface area contributed by atoms with Gasteiger partial charge in [-0.3, -0.25) is 10.1 Å². The number of fused-ring (bicyclic) bond motifs is 1. The van der Waals surface area contributed by atoms with E-state index >= 15 is 0 Å². The molecule has 0 aliphatic heterocycles. The summed E-state index contributed by atoms with van der Waals surface area (Å²) in [5.74, 6) is 0.795. The second-order valence-corrected chi connectivity index (χ2v) is 8.42. The second kappa shape index (κ2) is 10.2. The minimum absolute atomic E-state index is 0.272. The zero-order valence-corrected chi connectivity index (χ0v) is 19.4. The fourth-order valence-electron chi connectivity index (χ4n) is 3.30. The van der Waals surface area contributed by atoms with Crippen molar-refractivity contribution in [3.05, 3.63) is 95.6 Å². The molecular formula is C27H25N3O2S. The highest BCUT2D eigenvalue weighted by Gasteiger charge is 2.08. The number of amides is 1. The van der Waals surface area contributed by atoms with Gasteiger partial charge >= 0.3 is 0 Å². The lowest BCUT2D eigenvalue weighted by atomic mass is 10.0. The average molecular weight is 456 g/mol. The van der Waals surface area contributed by atoms with Crippen molar-refractivity contribution in [1.82, 2.24) is 15.6 Å². The van der Waals surface area contributed by atoms with Gasteiger partial charge in [0.05, 0.1) is 0 Å². The molecule has 4 aromatic rings.